The van der Waals surface area contributed by atoms with E-state index in [2.05, 4.69) is 0 Å². The van der Waals surface area contributed by atoms with Crippen LogP contribution in [0.25, 0.3) is 0 Å². The average molecular weight is 330 g/mol. The van der Waals surface area contributed by atoms with Crippen molar-refractivity contribution in [2.45, 2.75) is 23.9 Å². The quantitative estimate of drug-likeness (QED) is 0.375. The van der Waals surface area contributed by atoms with Crippen molar-refractivity contribution in [3.05, 3.63) is 34.4 Å². The summed E-state index contributed by atoms with van der Waals surface area (Å²) in [5.41, 5.74) is -6.08. The summed E-state index contributed by atoms with van der Waals surface area (Å²) in [6.07, 6.45) is -4.97. The number of hydrogen-bond acceptors (Lipinski definition) is 0. The van der Waals surface area contributed by atoms with Crippen molar-refractivity contribution in [3.8, 4) is 0 Å². The normalized spacial score (nSPS) is 25.6. The van der Waals surface area contributed by atoms with E-state index >= 15 is 0 Å². The van der Waals surface area contributed by atoms with Gasteiger partial charge in [-0.1, -0.05) is 0 Å². The smallest absolute Gasteiger partial charge is 0.233 e. The monoisotopic (exact) mass is 330 g/mol. The van der Waals surface area contributed by atoms with Gasteiger partial charge in [0.1, 0.15) is 0 Å². The van der Waals surface area contributed by atoms with Crippen LogP contribution in [-0.2, 0) is 11.8 Å². The van der Waals surface area contributed by atoms with Gasteiger partial charge in [0, 0.05) is 0 Å². The van der Waals surface area contributed by atoms with Crippen molar-refractivity contribution < 1.29 is 48.3 Å². The molecule has 1 aliphatic carbocycles. The number of hydrogen-bond donors (Lipinski definition) is 0. The van der Waals surface area contributed by atoms with Crippen molar-refractivity contribution >= 4 is 0 Å². The van der Waals surface area contributed by atoms with E-state index in [0.29, 0.717) is 0 Å². The largest absolute Gasteiger partial charge is 0.351 e. The Kier molecular flexibility index (Phi) is 3.02. The van der Waals surface area contributed by atoms with Gasteiger partial charge in [-0.25, -0.2) is 22.0 Å². The van der Waals surface area contributed by atoms with Gasteiger partial charge in [0.2, 0.25) is 6.17 Å². The maximum Gasteiger partial charge on any atom is 0.351 e. The molecule has 1 aromatic rings. The summed E-state index contributed by atoms with van der Waals surface area (Å²) in [5, 5.41) is 0. The van der Waals surface area contributed by atoms with Gasteiger partial charge in [-0.2, -0.15) is 26.3 Å². The summed E-state index contributed by atoms with van der Waals surface area (Å²) in [5.74, 6) is -30.0. The van der Waals surface area contributed by atoms with Gasteiger partial charge in [0.05, 0.1) is 11.1 Å². The molecule has 0 aliphatic heterocycles. The number of benzene rings is 1. The Morgan fingerprint density at radius 3 is 1.43 bits per heavy atom. The van der Waals surface area contributed by atoms with E-state index in [0.717, 1.165) is 0 Å². The van der Waals surface area contributed by atoms with Gasteiger partial charge in [-0.05, 0) is 0 Å². The first-order valence-corrected chi connectivity index (χ1v) is 4.94. The van der Waals surface area contributed by atoms with Crippen molar-refractivity contribution in [1.82, 2.24) is 0 Å². The van der Waals surface area contributed by atoms with Crippen LogP contribution in [0.5, 0.6) is 0 Å². The average Bonchev–Trinajstić information content (AvgIpc) is 2.37. The third-order valence-corrected chi connectivity index (χ3v) is 2.97. The minimum Gasteiger partial charge on any atom is -0.233 e. The van der Waals surface area contributed by atoms with Crippen LogP contribution >= 0.6 is 0 Å². The number of alkyl halides is 7. The SMILES string of the molecule is Fc1c(F)c(F)c2c(c1F)C(F)(F)C(F)C(F)(F)C2(F)F. The Balaban J connectivity index is 3.04. The van der Waals surface area contributed by atoms with Gasteiger partial charge in [-0.3, -0.25) is 0 Å². The molecule has 0 nitrogen and oxygen atoms in total. The first kappa shape index (κ1) is 15.8. The molecule has 0 radical (unpaired) electrons. The van der Waals surface area contributed by atoms with Gasteiger partial charge in [0.15, 0.2) is 23.3 Å². The zero-order chi connectivity index (χ0) is 16.5. The summed E-state index contributed by atoms with van der Waals surface area (Å²) in [4.78, 5) is 0. The number of halogens is 11. The lowest BCUT2D eigenvalue weighted by molar-refractivity contribution is -0.302. The molecule has 0 spiro atoms. The lowest BCUT2D eigenvalue weighted by Gasteiger charge is -2.39. The Labute approximate surface area is 108 Å². The first-order chi connectivity index (χ1) is 9.29. The van der Waals surface area contributed by atoms with Gasteiger partial charge in [-0.15, -0.1) is 0 Å². The summed E-state index contributed by atoms with van der Waals surface area (Å²) >= 11 is 0. The van der Waals surface area contributed by atoms with Crippen molar-refractivity contribution in [3.63, 3.8) is 0 Å². The third kappa shape index (κ3) is 1.62. The molecule has 0 saturated carbocycles. The maximum absolute atomic E-state index is 13.3. The Morgan fingerprint density at radius 2 is 1.00 bits per heavy atom. The van der Waals surface area contributed by atoms with E-state index in [1.807, 2.05) is 0 Å². The molecule has 2 rings (SSSR count). The molecule has 0 aromatic heterocycles. The molecule has 0 bridgehead atoms. The van der Waals surface area contributed by atoms with Crippen LogP contribution in [0.15, 0.2) is 0 Å². The van der Waals surface area contributed by atoms with E-state index < -0.39 is 58.3 Å². The minimum atomic E-state index is -6.17. The molecule has 0 heterocycles. The van der Waals surface area contributed by atoms with E-state index in [4.69, 9.17) is 0 Å². The zero-order valence-corrected chi connectivity index (χ0v) is 9.23. The van der Waals surface area contributed by atoms with Crippen LogP contribution < -0.4 is 0 Å². The van der Waals surface area contributed by atoms with Gasteiger partial charge < -0.3 is 0 Å². The van der Waals surface area contributed by atoms with Gasteiger partial charge >= 0.3 is 17.8 Å². The fourth-order valence-corrected chi connectivity index (χ4v) is 1.92. The lowest BCUT2D eigenvalue weighted by atomic mass is 9.80. The van der Waals surface area contributed by atoms with Crippen LogP contribution in [0.1, 0.15) is 11.1 Å². The highest BCUT2D eigenvalue weighted by Gasteiger charge is 2.76. The van der Waals surface area contributed by atoms with E-state index in [-0.39, 0.29) is 0 Å². The molecule has 0 amide bonds. The maximum atomic E-state index is 13.3. The summed E-state index contributed by atoms with van der Waals surface area (Å²) in [6, 6.07) is 0. The first-order valence-electron chi connectivity index (χ1n) is 4.94. The van der Waals surface area contributed by atoms with Crippen LogP contribution in [0.4, 0.5) is 48.3 Å². The lowest BCUT2D eigenvalue weighted by Crippen LogP contribution is -2.58. The highest BCUT2D eigenvalue weighted by molar-refractivity contribution is 5.44. The fraction of sp³-hybridized carbons (Fsp3) is 0.400. The summed E-state index contributed by atoms with van der Waals surface area (Å²) in [7, 11) is 0. The molecule has 0 saturated heterocycles. The molecule has 1 atom stereocenters. The molecular weight excluding hydrogens is 329 g/mol. The summed E-state index contributed by atoms with van der Waals surface area (Å²) in [6.45, 7) is 0. The Morgan fingerprint density at radius 1 is 0.619 bits per heavy atom. The molecule has 1 unspecified atom stereocenters. The van der Waals surface area contributed by atoms with Crippen LogP contribution in [0, 0.1) is 23.3 Å². The summed E-state index contributed by atoms with van der Waals surface area (Å²) < 4.78 is 144. The Hall–Kier alpha value is -1.55. The van der Waals surface area contributed by atoms with Crippen molar-refractivity contribution in [2.24, 2.45) is 0 Å². The second kappa shape index (κ2) is 4.01. The number of fused-ring (bicyclic) bond motifs is 1. The van der Waals surface area contributed by atoms with E-state index in [9.17, 15) is 48.3 Å². The molecule has 0 N–H and O–H groups in total. The molecule has 118 valence electrons. The predicted octanol–water partition coefficient (Wildman–Crippen LogP) is 4.41. The highest BCUT2D eigenvalue weighted by atomic mass is 19.3. The molecule has 1 aliphatic rings. The molecule has 0 fully saturated rings. The Bertz CT molecular complexity index is 618. The predicted molar refractivity (Wildman–Crippen MR) is 43.9 cm³/mol. The zero-order valence-electron chi connectivity index (χ0n) is 9.23. The molecule has 21 heavy (non-hydrogen) atoms. The van der Waals surface area contributed by atoms with Crippen LogP contribution in [-0.4, -0.2) is 12.1 Å². The topological polar surface area (TPSA) is 0 Å². The second-order valence-corrected chi connectivity index (χ2v) is 4.19. The molecule has 1 aromatic carbocycles. The van der Waals surface area contributed by atoms with Crippen molar-refractivity contribution in [1.29, 1.82) is 0 Å². The fourth-order valence-electron chi connectivity index (χ4n) is 1.92. The van der Waals surface area contributed by atoms with Crippen molar-refractivity contribution in [2.75, 3.05) is 0 Å². The van der Waals surface area contributed by atoms with E-state index in [1.165, 1.54) is 0 Å². The standard InChI is InChI=1S/C10HF11/c11-3-1-2(4(12)6(14)5(3)13)9(18,19)10(20,21)7(15)8(1,16)17/h7H. The van der Waals surface area contributed by atoms with Crippen LogP contribution in [0.3, 0.4) is 0 Å². The van der Waals surface area contributed by atoms with Crippen LogP contribution in [0.2, 0.25) is 0 Å². The molecule has 11 heteroatoms. The second-order valence-electron chi connectivity index (χ2n) is 4.19. The van der Waals surface area contributed by atoms with E-state index in [1.54, 1.807) is 0 Å². The molecular formula is C10HF11. The highest BCUT2D eigenvalue weighted by Crippen LogP contribution is 2.60. The number of rotatable bonds is 0. The van der Waals surface area contributed by atoms with Gasteiger partial charge in [0.25, 0.3) is 0 Å². The minimum absolute atomic E-state index is 2.95. The third-order valence-electron chi connectivity index (χ3n) is 2.97.